The van der Waals surface area contributed by atoms with E-state index in [1.165, 1.54) is 0 Å². The highest BCUT2D eigenvalue weighted by atomic mass is 16.5. The van der Waals surface area contributed by atoms with Crippen molar-refractivity contribution in [3.8, 4) is 5.75 Å². The minimum atomic E-state index is -0.438. The summed E-state index contributed by atoms with van der Waals surface area (Å²) >= 11 is 0. The van der Waals surface area contributed by atoms with Gasteiger partial charge in [-0.15, -0.1) is 0 Å². The third-order valence-electron chi connectivity index (χ3n) is 5.54. The van der Waals surface area contributed by atoms with Gasteiger partial charge in [0.15, 0.2) is 0 Å². The molecule has 0 spiro atoms. The molecule has 0 aliphatic carbocycles. The zero-order valence-electron chi connectivity index (χ0n) is 16.7. The van der Waals surface area contributed by atoms with Gasteiger partial charge in [0.2, 0.25) is 11.8 Å². The second-order valence-electron chi connectivity index (χ2n) is 7.39. The Hall–Kier alpha value is -3.28. The molecule has 150 valence electrons. The van der Waals surface area contributed by atoms with Crippen molar-refractivity contribution in [2.75, 3.05) is 19.0 Å². The highest BCUT2D eigenvalue weighted by Crippen LogP contribution is 2.23. The van der Waals surface area contributed by atoms with Crippen LogP contribution in [0.1, 0.15) is 18.5 Å². The lowest BCUT2D eigenvalue weighted by Gasteiger charge is -2.25. The van der Waals surface area contributed by atoms with E-state index in [0.29, 0.717) is 18.7 Å². The predicted octanol–water partition coefficient (Wildman–Crippen LogP) is 3.59. The molecule has 1 aromatic heterocycles. The Bertz CT molecular complexity index is 1040. The number of likely N-dealkylation sites (tertiary alicyclic amines) is 1. The molecule has 2 aromatic carbocycles. The summed E-state index contributed by atoms with van der Waals surface area (Å²) in [7, 11) is 1.60. The number of nitrogens with zero attached hydrogens (tertiary/aromatic N) is 2. The average molecular weight is 391 g/mol. The van der Waals surface area contributed by atoms with Gasteiger partial charge in [-0.1, -0.05) is 18.2 Å². The summed E-state index contributed by atoms with van der Waals surface area (Å²) in [6.45, 7) is 2.86. The standard InChI is InChI=1S/C23H25N3O3/c1-16-14-17-6-3-4-7-20(17)26(16)15-22(27)25-13-5-8-21(25)23(28)24-18-9-11-19(29-2)12-10-18/h3-4,6-7,9-12,14,21H,5,8,13,15H2,1-2H3,(H,24,28). The monoisotopic (exact) mass is 391 g/mol. The molecule has 29 heavy (non-hydrogen) atoms. The molecule has 1 atom stereocenters. The van der Waals surface area contributed by atoms with Gasteiger partial charge >= 0.3 is 0 Å². The molecule has 1 unspecified atom stereocenters. The molecule has 0 saturated carbocycles. The zero-order valence-corrected chi connectivity index (χ0v) is 16.7. The Balaban J connectivity index is 1.47. The number of methoxy groups -OCH3 is 1. The van der Waals surface area contributed by atoms with E-state index in [4.69, 9.17) is 4.74 Å². The van der Waals surface area contributed by atoms with Gasteiger partial charge in [-0.2, -0.15) is 0 Å². The van der Waals surface area contributed by atoms with Crippen LogP contribution in [-0.2, 0) is 16.1 Å². The summed E-state index contributed by atoms with van der Waals surface area (Å²) in [5.41, 5.74) is 2.78. The number of hydrogen-bond donors (Lipinski definition) is 1. The fourth-order valence-electron chi connectivity index (χ4n) is 4.02. The maximum Gasteiger partial charge on any atom is 0.247 e. The number of hydrogen-bond acceptors (Lipinski definition) is 3. The number of anilines is 1. The smallest absolute Gasteiger partial charge is 0.247 e. The van der Waals surface area contributed by atoms with E-state index in [0.717, 1.165) is 28.8 Å². The molecule has 6 nitrogen and oxygen atoms in total. The van der Waals surface area contributed by atoms with Gasteiger partial charge < -0.3 is 19.5 Å². The summed E-state index contributed by atoms with van der Waals surface area (Å²) in [5.74, 6) is 0.562. The van der Waals surface area contributed by atoms with Gasteiger partial charge in [-0.25, -0.2) is 0 Å². The molecule has 1 saturated heterocycles. The Morgan fingerprint density at radius 2 is 1.90 bits per heavy atom. The highest BCUT2D eigenvalue weighted by Gasteiger charge is 2.34. The zero-order chi connectivity index (χ0) is 20.4. The van der Waals surface area contributed by atoms with E-state index in [1.54, 1.807) is 36.3 Å². The lowest BCUT2D eigenvalue weighted by molar-refractivity contribution is -0.137. The maximum atomic E-state index is 13.1. The first-order valence-electron chi connectivity index (χ1n) is 9.86. The number of carbonyl (C=O) groups is 2. The second kappa shape index (κ2) is 7.99. The van der Waals surface area contributed by atoms with Crippen molar-refractivity contribution in [3.63, 3.8) is 0 Å². The van der Waals surface area contributed by atoms with E-state index >= 15 is 0 Å². The summed E-state index contributed by atoms with van der Waals surface area (Å²) in [5, 5.41) is 4.04. The van der Waals surface area contributed by atoms with E-state index in [1.807, 2.05) is 35.8 Å². The Kier molecular flexibility index (Phi) is 5.25. The molecule has 6 heteroatoms. The van der Waals surface area contributed by atoms with Gasteiger partial charge in [0.05, 0.1) is 7.11 Å². The number of nitrogens with one attached hydrogen (secondary N) is 1. The quantitative estimate of drug-likeness (QED) is 0.723. The number of para-hydroxylation sites is 1. The van der Waals surface area contributed by atoms with Crippen molar-refractivity contribution in [2.45, 2.75) is 32.4 Å². The van der Waals surface area contributed by atoms with Crippen molar-refractivity contribution in [3.05, 3.63) is 60.3 Å². The van der Waals surface area contributed by atoms with Crippen molar-refractivity contribution < 1.29 is 14.3 Å². The number of fused-ring (bicyclic) bond motifs is 1. The molecular weight excluding hydrogens is 366 g/mol. The van der Waals surface area contributed by atoms with Crippen LogP contribution in [0.4, 0.5) is 5.69 Å². The van der Waals surface area contributed by atoms with Gasteiger partial charge in [0.25, 0.3) is 0 Å². The van der Waals surface area contributed by atoms with Gasteiger partial charge in [0.1, 0.15) is 18.3 Å². The molecule has 1 fully saturated rings. The van der Waals surface area contributed by atoms with Crippen molar-refractivity contribution >= 4 is 28.4 Å². The summed E-state index contributed by atoms with van der Waals surface area (Å²) in [6.07, 6.45) is 1.51. The van der Waals surface area contributed by atoms with E-state index in [9.17, 15) is 9.59 Å². The lowest BCUT2D eigenvalue weighted by Crippen LogP contribution is -2.44. The van der Waals surface area contributed by atoms with Crippen LogP contribution in [0.5, 0.6) is 5.75 Å². The van der Waals surface area contributed by atoms with Crippen LogP contribution in [0, 0.1) is 6.92 Å². The van der Waals surface area contributed by atoms with Crippen LogP contribution in [0.15, 0.2) is 54.6 Å². The Labute approximate surface area is 170 Å². The molecule has 1 N–H and O–H groups in total. The van der Waals surface area contributed by atoms with Crippen LogP contribution < -0.4 is 10.1 Å². The molecule has 0 bridgehead atoms. The molecule has 1 aliphatic heterocycles. The lowest BCUT2D eigenvalue weighted by atomic mass is 10.2. The van der Waals surface area contributed by atoms with E-state index < -0.39 is 6.04 Å². The summed E-state index contributed by atoms with van der Waals surface area (Å²) in [4.78, 5) is 27.6. The molecule has 4 rings (SSSR count). The molecule has 2 heterocycles. The van der Waals surface area contributed by atoms with Crippen molar-refractivity contribution in [1.82, 2.24) is 9.47 Å². The van der Waals surface area contributed by atoms with Crippen molar-refractivity contribution in [1.29, 1.82) is 0 Å². The minimum Gasteiger partial charge on any atom is -0.497 e. The second-order valence-corrected chi connectivity index (χ2v) is 7.39. The van der Waals surface area contributed by atoms with Crippen LogP contribution in [0.25, 0.3) is 10.9 Å². The number of aromatic nitrogens is 1. The number of aryl methyl sites for hydroxylation is 1. The average Bonchev–Trinajstić information content (AvgIpc) is 3.34. The van der Waals surface area contributed by atoms with Crippen molar-refractivity contribution in [2.24, 2.45) is 0 Å². The molecule has 1 aliphatic rings. The minimum absolute atomic E-state index is 0.0261. The van der Waals surface area contributed by atoms with Crippen LogP contribution in [0.3, 0.4) is 0 Å². The van der Waals surface area contributed by atoms with Crippen LogP contribution >= 0.6 is 0 Å². The molecule has 2 amide bonds. The van der Waals surface area contributed by atoms with Gasteiger partial charge in [-0.3, -0.25) is 9.59 Å². The summed E-state index contributed by atoms with van der Waals surface area (Å²) in [6, 6.07) is 16.9. The first kappa shape index (κ1) is 19.1. The number of rotatable bonds is 5. The third-order valence-corrected chi connectivity index (χ3v) is 5.54. The van der Waals surface area contributed by atoms with Crippen LogP contribution in [0.2, 0.25) is 0 Å². The number of ether oxygens (including phenoxy) is 1. The Morgan fingerprint density at radius 1 is 1.14 bits per heavy atom. The number of amides is 2. The van der Waals surface area contributed by atoms with Gasteiger partial charge in [-0.05, 0) is 61.5 Å². The van der Waals surface area contributed by atoms with Gasteiger partial charge in [0, 0.05) is 23.4 Å². The highest BCUT2D eigenvalue weighted by molar-refractivity contribution is 5.97. The summed E-state index contributed by atoms with van der Waals surface area (Å²) < 4.78 is 7.17. The van der Waals surface area contributed by atoms with E-state index in [2.05, 4.69) is 11.4 Å². The largest absolute Gasteiger partial charge is 0.497 e. The SMILES string of the molecule is COc1ccc(NC(=O)C2CCCN2C(=O)Cn2c(C)cc3ccccc32)cc1. The molecule has 3 aromatic rings. The topological polar surface area (TPSA) is 63.6 Å². The third kappa shape index (κ3) is 3.83. The number of benzene rings is 2. The predicted molar refractivity (Wildman–Crippen MR) is 113 cm³/mol. The molecular formula is C23H25N3O3. The maximum absolute atomic E-state index is 13.1. The number of carbonyl (C=O) groups excluding carboxylic acids is 2. The molecule has 0 radical (unpaired) electrons. The fourth-order valence-corrected chi connectivity index (χ4v) is 4.02. The van der Waals surface area contributed by atoms with Crippen LogP contribution in [-0.4, -0.2) is 41.0 Å². The fraction of sp³-hybridized carbons (Fsp3) is 0.304. The Morgan fingerprint density at radius 3 is 2.66 bits per heavy atom. The normalized spacial score (nSPS) is 16.2. The van der Waals surface area contributed by atoms with E-state index in [-0.39, 0.29) is 18.4 Å². The first-order chi connectivity index (χ1) is 14.1. The first-order valence-corrected chi connectivity index (χ1v) is 9.86.